The Morgan fingerprint density at radius 3 is 1.63 bits per heavy atom. The van der Waals surface area contributed by atoms with E-state index in [-0.39, 0.29) is 12.1 Å². The van der Waals surface area contributed by atoms with E-state index in [0.29, 0.717) is 0 Å². The molecule has 43 heavy (non-hydrogen) atoms. The zero-order valence-corrected chi connectivity index (χ0v) is 25.7. The number of para-hydroxylation sites is 2. The van der Waals surface area contributed by atoms with Crippen molar-refractivity contribution in [2.45, 2.75) is 29.1 Å². The molecular weight excluding hydrogens is 557 g/mol. The second-order valence-corrected chi connectivity index (χ2v) is 14.2. The van der Waals surface area contributed by atoms with E-state index < -0.39 is 0 Å². The maximum atomic E-state index is 2.53. The fraction of sp³-hybridized carbons (Fsp3) is 0.0769. The molecule has 3 heterocycles. The predicted octanol–water partition coefficient (Wildman–Crippen LogP) is 9.14. The Hall–Kier alpha value is -4.25. The van der Waals surface area contributed by atoms with Crippen LogP contribution < -0.4 is 21.3 Å². The van der Waals surface area contributed by atoms with Crippen LogP contribution in [0.5, 0.6) is 0 Å². The van der Waals surface area contributed by atoms with E-state index in [4.69, 9.17) is 0 Å². The van der Waals surface area contributed by atoms with Gasteiger partial charge in [-0.15, -0.1) is 11.3 Å². The summed E-state index contributed by atoms with van der Waals surface area (Å²) >= 11 is 3.81. The molecule has 0 saturated carbocycles. The first kappa shape index (κ1) is 25.3. The molecule has 4 heteroatoms. The minimum atomic E-state index is -0.0906. The smallest absolute Gasteiger partial charge is 0.245 e. The molecular formula is C39H28BNS2. The molecule has 0 radical (unpaired) electrons. The van der Waals surface area contributed by atoms with Gasteiger partial charge in [-0.05, 0) is 59.0 Å². The van der Waals surface area contributed by atoms with Gasteiger partial charge in [0.2, 0.25) is 6.71 Å². The van der Waals surface area contributed by atoms with Gasteiger partial charge in [0.05, 0.1) is 17.1 Å². The van der Waals surface area contributed by atoms with Crippen molar-refractivity contribution in [3.05, 3.63) is 145 Å². The molecule has 6 aromatic carbocycles. The minimum absolute atomic E-state index is 0.0906. The van der Waals surface area contributed by atoms with Gasteiger partial charge in [0.15, 0.2) is 0 Å². The Morgan fingerprint density at radius 1 is 0.488 bits per heavy atom. The van der Waals surface area contributed by atoms with E-state index in [9.17, 15) is 0 Å². The zero-order valence-electron chi connectivity index (χ0n) is 24.0. The number of benzene rings is 6. The van der Waals surface area contributed by atoms with Crippen molar-refractivity contribution >= 4 is 83.4 Å². The van der Waals surface area contributed by atoms with Crippen LogP contribution in [0.15, 0.2) is 143 Å². The van der Waals surface area contributed by atoms with Crippen LogP contribution in [-0.4, -0.2) is 6.71 Å². The number of nitrogens with zero attached hydrogens (tertiary/aromatic N) is 1. The predicted molar refractivity (Wildman–Crippen MR) is 188 cm³/mol. The van der Waals surface area contributed by atoms with E-state index in [0.717, 1.165) is 0 Å². The maximum Gasteiger partial charge on any atom is 0.245 e. The number of fused-ring (bicyclic) bond motifs is 7. The molecule has 0 atom stereocenters. The standard InChI is InChI=1S/C39H28BNS2/c1-39(2)25-13-3-7-18-30(25)41(31-19-8-4-14-26(31)39)32-20-12-24-36-38(32)37-29(17-11-23-35(37)43-36)40-27-15-5-9-21-33(27)42-34-22-10-6-16-28(34)40/h3-24H,1-2H3. The van der Waals surface area contributed by atoms with Crippen LogP contribution in [0.1, 0.15) is 25.0 Å². The third kappa shape index (κ3) is 3.60. The molecule has 0 saturated heterocycles. The molecule has 2 aliphatic heterocycles. The number of thiophene rings is 1. The summed E-state index contributed by atoms with van der Waals surface area (Å²) in [5, 5.41) is 2.72. The van der Waals surface area contributed by atoms with Crippen LogP contribution >= 0.6 is 23.1 Å². The Bertz CT molecular complexity index is 2130. The van der Waals surface area contributed by atoms with Crippen molar-refractivity contribution in [1.82, 2.24) is 0 Å². The topological polar surface area (TPSA) is 3.24 Å². The average Bonchev–Trinajstić information content (AvgIpc) is 3.44. The van der Waals surface area contributed by atoms with Gasteiger partial charge >= 0.3 is 0 Å². The molecule has 0 N–H and O–H groups in total. The zero-order chi connectivity index (χ0) is 28.7. The first-order valence-electron chi connectivity index (χ1n) is 14.9. The van der Waals surface area contributed by atoms with E-state index in [1.807, 2.05) is 23.1 Å². The van der Waals surface area contributed by atoms with Crippen molar-refractivity contribution in [2.24, 2.45) is 0 Å². The lowest BCUT2D eigenvalue weighted by molar-refractivity contribution is 0.632. The van der Waals surface area contributed by atoms with E-state index in [2.05, 4.69) is 152 Å². The van der Waals surface area contributed by atoms with Gasteiger partial charge in [-0.25, -0.2) is 0 Å². The first-order chi connectivity index (χ1) is 21.1. The molecule has 2 aliphatic rings. The largest absolute Gasteiger partial charge is 0.309 e. The summed E-state index contributed by atoms with van der Waals surface area (Å²) in [6, 6.07) is 49.7. The van der Waals surface area contributed by atoms with Crippen LogP contribution in [0.25, 0.3) is 20.2 Å². The van der Waals surface area contributed by atoms with Crippen molar-refractivity contribution in [2.75, 3.05) is 4.90 Å². The molecule has 0 bridgehead atoms. The number of hydrogen-bond donors (Lipinski definition) is 0. The fourth-order valence-electron chi connectivity index (χ4n) is 7.48. The third-order valence-corrected chi connectivity index (χ3v) is 11.7. The van der Waals surface area contributed by atoms with Gasteiger partial charge < -0.3 is 4.90 Å². The molecule has 1 aromatic heterocycles. The fourth-order valence-corrected chi connectivity index (χ4v) is 9.77. The number of hydrogen-bond acceptors (Lipinski definition) is 3. The highest BCUT2D eigenvalue weighted by molar-refractivity contribution is 8.00. The molecule has 0 unspecified atom stereocenters. The van der Waals surface area contributed by atoms with Gasteiger partial charge in [-0.1, -0.05) is 133 Å². The molecule has 204 valence electrons. The highest BCUT2D eigenvalue weighted by Crippen LogP contribution is 2.53. The second kappa shape index (κ2) is 9.38. The van der Waals surface area contributed by atoms with E-state index in [1.54, 1.807) is 0 Å². The van der Waals surface area contributed by atoms with Crippen LogP contribution in [0, 0.1) is 0 Å². The third-order valence-electron chi connectivity index (χ3n) is 9.40. The summed E-state index contributed by atoms with van der Waals surface area (Å²) < 4.78 is 2.67. The molecule has 9 rings (SSSR count). The second-order valence-electron chi connectivity index (χ2n) is 12.1. The summed E-state index contributed by atoms with van der Waals surface area (Å²) in [6.07, 6.45) is 0. The monoisotopic (exact) mass is 585 g/mol. The Balaban J connectivity index is 1.38. The first-order valence-corrected chi connectivity index (χ1v) is 16.5. The lowest BCUT2D eigenvalue weighted by Crippen LogP contribution is -2.55. The van der Waals surface area contributed by atoms with E-state index >= 15 is 0 Å². The van der Waals surface area contributed by atoms with Gasteiger partial charge in [0.1, 0.15) is 0 Å². The van der Waals surface area contributed by atoms with Crippen molar-refractivity contribution in [3.8, 4) is 0 Å². The summed E-state index contributed by atoms with van der Waals surface area (Å²) in [7, 11) is 0. The van der Waals surface area contributed by atoms with Gasteiger partial charge in [0, 0.05) is 30.0 Å². The quantitative estimate of drug-likeness (QED) is 0.186. The molecule has 0 fully saturated rings. The van der Waals surface area contributed by atoms with Gasteiger partial charge in [0.25, 0.3) is 0 Å². The van der Waals surface area contributed by atoms with Gasteiger partial charge in [-0.3, -0.25) is 0 Å². The summed E-state index contributed by atoms with van der Waals surface area (Å²) in [5.41, 5.74) is 10.6. The maximum absolute atomic E-state index is 2.53. The Labute approximate surface area is 260 Å². The van der Waals surface area contributed by atoms with Crippen molar-refractivity contribution in [1.29, 1.82) is 0 Å². The number of rotatable bonds is 2. The SMILES string of the molecule is CC1(C)c2ccccc2N(c2cccc3sc4cccc(B5c6ccccc6Sc6ccccc65)c4c23)c2ccccc21. The Kier molecular flexibility index (Phi) is 5.51. The van der Waals surface area contributed by atoms with Crippen LogP contribution in [0.2, 0.25) is 0 Å². The molecule has 7 aromatic rings. The van der Waals surface area contributed by atoms with Crippen molar-refractivity contribution < 1.29 is 0 Å². The van der Waals surface area contributed by atoms with Crippen LogP contribution in [0.4, 0.5) is 17.1 Å². The highest BCUT2D eigenvalue weighted by Gasteiger charge is 2.38. The summed E-state index contributed by atoms with van der Waals surface area (Å²) in [6.45, 7) is 4.89. The molecule has 0 amide bonds. The van der Waals surface area contributed by atoms with Crippen molar-refractivity contribution in [3.63, 3.8) is 0 Å². The Morgan fingerprint density at radius 2 is 0.977 bits per heavy atom. The normalized spacial score (nSPS) is 14.7. The van der Waals surface area contributed by atoms with Crippen LogP contribution in [-0.2, 0) is 5.41 Å². The van der Waals surface area contributed by atoms with Gasteiger partial charge in [-0.2, -0.15) is 0 Å². The summed E-state index contributed by atoms with van der Waals surface area (Å²) in [4.78, 5) is 5.23. The highest BCUT2D eigenvalue weighted by atomic mass is 32.2. The lowest BCUT2D eigenvalue weighted by atomic mass is 9.36. The average molecular weight is 586 g/mol. The number of anilines is 3. The summed E-state index contributed by atoms with van der Waals surface area (Å²) in [5.74, 6) is 0. The van der Waals surface area contributed by atoms with E-state index in [1.165, 1.54) is 74.5 Å². The molecule has 0 aliphatic carbocycles. The molecule has 1 nitrogen and oxygen atoms in total. The molecule has 0 spiro atoms. The minimum Gasteiger partial charge on any atom is -0.309 e. The van der Waals surface area contributed by atoms with Crippen LogP contribution in [0.3, 0.4) is 0 Å². The lowest BCUT2D eigenvalue weighted by Gasteiger charge is -2.42.